The van der Waals surface area contributed by atoms with E-state index in [9.17, 15) is 9.59 Å². The first-order valence-electron chi connectivity index (χ1n) is 3.22. The second-order valence-corrected chi connectivity index (χ2v) is 2.40. The largest absolute Gasteiger partial charge is 0.480 e. The van der Waals surface area contributed by atoms with Crippen molar-refractivity contribution in [3.63, 3.8) is 0 Å². The Kier molecular flexibility index (Phi) is 3.70. The Morgan fingerprint density at radius 3 is 2.18 bits per heavy atom. The van der Waals surface area contributed by atoms with Crippen LogP contribution in [0.3, 0.4) is 0 Å². The van der Waals surface area contributed by atoms with Gasteiger partial charge >= 0.3 is 5.97 Å². The summed E-state index contributed by atoms with van der Waals surface area (Å²) >= 11 is 0. The van der Waals surface area contributed by atoms with E-state index in [-0.39, 0.29) is 12.2 Å². The highest BCUT2D eigenvalue weighted by Crippen LogP contribution is 1.92. The minimum atomic E-state index is -1.18. The molecule has 0 heterocycles. The number of hydrogen-bond donors (Lipinski definition) is 3. The molecule has 0 amide bonds. The maximum Gasteiger partial charge on any atom is 0.320 e. The van der Waals surface area contributed by atoms with Crippen molar-refractivity contribution < 1.29 is 14.7 Å². The van der Waals surface area contributed by atoms with E-state index in [0.29, 0.717) is 0 Å². The monoisotopic (exact) mass is 160 g/mol. The summed E-state index contributed by atoms with van der Waals surface area (Å²) in [6.45, 7) is 1.50. The van der Waals surface area contributed by atoms with Crippen molar-refractivity contribution in [3.05, 3.63) is 0 Å². The lowest BCUT2D eigenvalue weighted by Crippen LogP contribution is -2.37. The van der Waals surface area contributed by atoms with E-state index in [1.165, 1.54) is 6.92 Å². The third kappa shape index (κ3) is 3.69. The molecule has 5 heteroatoms. The number of ketones is 1. The number of nitrogens with two attached hydrogens (primary N) is 2. The summed E-state index contributed by atoms with van der Waals surface area (Å²) in [6.07, 6.45) is -0.201. The van der Waals surface area contributed by atoms with Crippen LogP contribution in [0, 0.1) is 0 Å². The SMILES string of the molecule is C[C@H](N)C(=O)C[C@H](N)C(=O)O. The number of carbonyl (C=O) groups is 2. The predicted molar refractivity (Wildman–Crippen MR) is 38.9 cm³/mol. The molecular weight excluding hydrogens is 148 g/mol. The molecule has 5 nitrogen and oxygen atoms in total. The molecule has 0 aromatic carbocycles. The van der Waals surface area contributed by atoms with Gasteiger partial charge in [-0.3, -0.25) is 9.59 Å². The number of hydrogen-bond acceptors (Lipinski definition) is 4. The lowest BCUT2D eigenvalue weighted by atomic mass is 10.1. The smallest absolute Gasteiger partial charge is 0.320 e. The van der Waals surface area contributed by atoms with Crippen LogP contribution in [0.4, 0.5) is 0 Å². The van der Waals surface area contributed by atoms with Gasteiger partial charge in [0.2, 0.25) is 0 Å². The van der Waals surface area contributed by atoms with Crippen LogP contribution in [-0.4, -0.2) is 28.9 Å². The molecule has 0 saturated carbocycles. The van der Waals surface area contributed by atoms with Gasteiger partial charge in [-0.25, -0.2) is 0 Å². The molecule has 0 spiro atoms. The molecule has 0 radical (unpaired) electrons. The van der Waals surface area contributed by atoms with Gasteiger partial charge in [0.25, 0.3) is 0 Å². The highest BCUT2D eigenvalue weighted by atomic mass is 16.4. The van der Waals surface area contributed by atoms with E-state index in [1.807, 2.05) is 0 Å². The predicted octanol–water partition coefficient (Wildman–Crippen LogP) is -1.30. The zero-order valence-corrected chi connectivity index (χ0v) is 6.28. The Morgan fingerprint density at radius 1 is 1.45 bits per heavy atom. The van der Waals surface area contributed by atoms with Gasteiger partial charge in [0, 0.05) is 6.42 Å². The maximum absolute atomic E-state index is 10.8. The molecule has 0 aromatic heterocycles. The fourth-order valence-electron chi connectivity index (χ4n) is 0.490. The zero-order chi connectivity index (χ0) is 9.02. The summed E-state index contributed by atoms with van der Waals surface area (Å²) in [4.78, 5) is 20.9. The number of rotatable bonds is 4. The molecule has 0 fully saturated rings. The van der Waals surface area contributed by atoms with E-state index in [2.05, 4.69) is 0 Å². The summed E-state index contributed by atoms with van der Waals surface area (Å²) in [5, 5.41) is 8.29. The van der Waals surface area contributed by atoms with Crippen molar-refractivity contribution in [1.82, 2.24) is 0 Å². The first-order chi connectivity index (χ1) is 4.95. The van der Waals surface area contributed by atoms with Crippen LogP contribution in [0.15, 0.2) is 0 Å². The summed E-state index contributed by atoms with van der Waals surface area (Å²) in [6, 6.07) is -1.77. The first-order valence-corrected chi connectivity index (χ1v) is 3.22. The van der Waals surface area contributed by atoms with Crippen molar-refractivity contribution in [3.8, 4) is 0 Å². The fourth-order valence-corrected chi connectivity index (χ4v) is 0.490. The van der Waals surface area contributed by atoms with Gasteiger partial charge in [0.15, 0.2) is 5.78 Å². The van der Waals surface area contributed by atoms with Crippen LogP contribution in [-0.2, 0) is 9.59 Å². The second kappa shape index (κ2) is 4.05. The van der Waals surface area contributed by atoms with Crippen LogP contribution >= 0.6 is 0 Å². The molecule has 0 aliphatic heterocycles. The lowest BCUT2D eigenvalue weighted by molar-refractivity contribution is -0.140. The van der Waals surface area contributed by atoms with Crippen LogP contribution in [0.1, 0.15) is 13.3 Å². The Morgan fingerprint density at radius 2 is 1.91 bits per heavy atom. The molecule has 5 N–H and O–H groups in total. The van der Waals surface area contributed by atoms with Gasteiger partial charge < -0.3 is 16.6 Å². The van der Waals surface area contributed by atoms with Gasteiger partial charge in [-0.15, -0.1) is 0 Å². The highest BCUT2D eigenvalue weighted by Gasteiger charge is 2.17. The van der Waals surface area contributed by atoms with Crippen LogP contribution in [0.5, 0.6) is 0 Å². The Balaban J connectivity index is 3.85. The van der Waals surface area contributed by atoms with E-state index in [0.717, 1.165) is 0 Å². The van der Waals surface area contributed by atoms with Crippen molar-refractivity contribution in [2.75, 3.05) is 0 Å². The van der Waals surface area contributed by atoms with Gasteiger partial charge in [0.1, 0.15) is 6.04 Å². The first kappa shape index (κ1) is 10.1. The van der Waals surface area contributed by atoms with Crippen LogP contribution in [0.2, 0.25) is 0 Å². The molecule has 2 atom stereocenters. The average molecular weight is 160 g/mol. The van der Waals surface area contributed by atoms with E-state index >= 15 is 0 Å². The summed E-state index contributed by atoms with van der Waals surface area (Å²) in [7, 11) is 0. The number of carboxylic acids is 1. The Labute approximate surface area is 64.4 Å². The molecule has 0 bridgehead atoms. The zero-order valence-electron chi connectivity index (χ0n) is 6.28. The normalized spacial score (nSPS) is 15.5. The van der Waals surface area contributed by atoms with Gasteiger partial charge in [-0.05, 0) is 6.92 Å². The van der Waals surface area contributed by atoms with Gasteiger partial charge in [-0.1, -0.05) is 0 Å². The minimum absolute atomic E-state index is 0.201. The van der Waals surface area contributed by atoms with E-state index in [1.54, 1.807) is 0 Å². The molecule has 0 aromatic rings. The van der Waals surface area contributed by atoms with Gasteiger partial charge in [0.05, 0.1) is 6.04 Å². The summed E-state index contributed by atoms with van der Waals surface area (Å²) in [5.74, 6) is -1.51. The Bertz CT molecular complexity index is 167. The summed E-state index contributed by atoms with van der Waals surface area (Å²) in [5.41, 5.74) is 10.3. The highest BCUT2D eigenvalue weighted by molar-refractivity contribution is 5.88. The molecule has 0 unspecified atom stereocenters. The number of Topliss-reactive ketones (excluding diaryl/α,β-unsaturated/α-hetero) is 1. The second-order valence-electron chi connectivity index (χ2n) is 2.40. The number of aliphatic carboxylic acids is 1. The lowest BCUT2D eigenvalue weighted by Gasteiger charge is -2.06. The Hall–Kier alpha value is -0.940. The van der Waals surface area contributed by atoms with E-state index in [4.69, 9.17) is 16.6 Å². The number of carboxylic acid groups (broad SMARTS) is 1. The fraction of sp³-hybridized carbons (Fsp3) is 0.667. The van der Waals surface area contributed by atoms with Crippen molar-refractivity contribution in [2.24, 2.45) is 11.5 Å². The quantitative estimate of drug-likeness (QED) is 0.474. The molecule has 0 rings (SSSR count). The van der Waals surface area contributed by atoms with Crippen LogP contribution < -0.4 is 11.5 Å². The van der Waals surface area contributed by atoms with Gasteiger partial charge in [-0.2, -0.15) is 0 Å². The minimum Gasteiger partial charge on any atom is -0.480 e. The van der Waals surface area contributed by atoms with Crippen molar-refractivity contribution in [1.29, 1.82) is 0 Å². The molecule has 0 aliphatic rings. The van der Waals surface area contributed by atoms with E-state index < -0.39 is 18.1 Å². The third-order valence-electron chi connectivity index (χ3n) is 1.25. The van der Waals surface area contributed by atoms with Crippen LogP contribution in [0.25, 0.3) is 0 Å². The topological polar surface area (TPSA) is 106 Å². The number of carbonyl (C=O) groups excluding carboxylic acids is 1. The van der Waals surface area contributed by atoms with Crippen molar-refractivity contribution >= 4 is 11.8 Å². The average Bonchev–Trinajstić information content (AvgIpc) is 1.87. The molecule has 0 saturated heterocycles. The standard InChI is InChI=1S/C6H12N2O3/c1-3(7)5(9)2-4(8)6(10)11/h3-4H,2,7-8H2,1H3,(H,10,11)/t3-,4-/m0/s1. The molecule has 11 heavy (non-hydrogen) atoms. The molecule has 0 aliphatic carbocycles. The third-order valence-corrected chi connectivity index (χ3v) is 1.25. The molecular formula is C6H12N2O3. The summed E-state index contributed by atoms with van der Waals surface area (Å²) < 4.78 is 0. The van der Waals surface area contributed by atoms with Crippen molar-refractivity contribution in [2.45, 2.75) is 25.4 Å². The molecule has 64 valence electrons. The maximum atomic E-state index is 10.8.